The number of benzene rings is 1. The summed E-state index contributed by atoms with van der Waals surface area (Å²) in [6.07, 6.45) is 3.14. The van der Waals surface area contributed by atoms with Crippen molar-refractivity contribution in [3.05, 3.63) is 66.2 Å². The molecule has 38 heavy (non-hydrogen) atoms. The van der Waals surface area contributed by atoms with Crippen molar-refractivity contribution in [3.8, 4) is 11.5 Å². The summed E-state index contributed by atoms with van der Waals surface area (Å²) >= 11 is 0. The van der Waals surface area contributed by atoms with Gasteiger partial charge in [-0.3, -0.25) is 19.2 Å². The molecule has 13 heteroatoms. The van der Waals surface area contributed by atoms with Crippen molar-refractivity contribution in [2.24, 2.45) is 7.05 Å². The van der Waals surface area contributed by atoms with E-state index in [9.17, 15) is 13.2 Å². The van der Waals surface area contributed by atoms with E-state index in [-0.39, 0.29) is 22.9 Å². The van der Waals surface area contributed by atoms with Crippen LogP contribution in [0.2, 0.25) is 0 Å². The van der Waals surface area contributed by atoms with Crippen molar-refractivity contribution in [2.75, 3.05) is 11.4 Å². The van der Waals surface area contributed by atoms with Crippen LogP contribution in [0, 0.1) is 0 Å². The lowest BCUT2D eigenvalue weighted by Crippen LogP contribution is -2.32. The first-order valence-electron chi connectivity index (χ1n) is 11.5. The zero-order valence-electron chi connectivity index (χ0n) is 21.5. The number of ether oxygens (including phenoxy) is 2. The van der Waals surface area contributed by atoms with Crippen LogP contribution in [0.5, 0.6) is 11.5 Å². The summed E-state index contributed by atoms with van der Waals surface area (Å²) in [5.41, 5.74) is 2.39. The van der Waals surface area contributed by atoms with Crippen molar-refractivity contribution < 1.29 is 27.9 Å². The molecule has 0 unspecified atom stereocenters. The molecule has 0 aliphatic heterocycles. The third kappa shape index (κ3) is 5.10. The molecule has 0 aliphatic rings. The van der Waals surface area contributed by atoms with Crippen LogP contribution in [0.15, 0.2) is 59.9 Å². The number of anilines is 1. The van der Waals surface area contributed by atoms with Crippen LogP contribution in [0.3, 0.4) is 0 Å². The number of fused-ring (bicyclic) bond motifs is 1. The first kappa shape index (κ1) is 26.8. The first-order chi connectivity index (χ1) is 18.0. The van der Waals surface area contributed by atoms with Gasteiger partial charge in [-0.1, -0.05) is 26.8 Å². The first-order valence-corrected chi connectivity index (χ1v) is 12.9. The highest BCUT2D eigenvalue weighted by Crippen LogP contribution is 2.43. The van der Waals surface area contributed by atoms with Crippen LogP contribution in [0.25, 0.3) is 11.0 Å². The fraction of sp³-hybridized carbons (Fsp3) is 0.280. The number of hydrogen-bond acceptors (Lipinski definition) is 9. The van der Waals surface area contributed by atoms with Crippen molar-refractivity contribution >= 4 is 32.8 Å². The number of sulfonamides is 1. The molecule has 2 N–H and O–H groups in total. The summed E-state index contributed by atoms with van der Waals surface area (Å²) in [4.78, 5) is 20.6. The summed E-state index contributed by atoms with van der Waals surface area (Å²) in [5, 5.41) is 14.1. The average Bonchev–Trinajstić information content (AvgIpc) is 3.25. The molecule has 0 fully saturated rings. The van der Waals surface area contributed by atoms with E-state index in [0.29, 0.717) is 28.0 Å². The van der Waals surface area contributed by atoms with E-state index in [2.05, 4.69) is 15.1 Å². The molecule has 0 saturated heterocycles. The number of methoxy groups -OCH3 is 1. The number of amides is 1. The summed E-state index contributed by atoms with van der Waals surface area (Å²) in [7, 11) is -1.10. The Balaban J connectivity index is 2.08. The Kier molecular flexibility index (Phi) is 7.24. The number of aryl methyl sites for hydroxylation is 1. The molecule has 200 valence electrons. The highest BCUT2D eigenvalue weighted by molar-refractivity contribution is 7.92. The van der Waals surface area contributed by atoms with Crippen molar-refractivity contribution in [1.29, 1.82) is 0 Å². The molecule has 4 rings (SSSR count). The van der Waals surface area contributed by atoms with Crippen LogP contribution in [0.1, 0.15) is 32.0 Å². The van der Waals surface area contributed by atoms with Gasteiger partial charge in [0.2, 0.25) is 0 Å². The minimum atomic E-state index is -4.28. The molecule has 0 radical (unpaired) electrons. The maximum absolute atomic E-state index is 14.3. The number of carbonyl (C=O) groups excluding carboxylic acids is 1. The van der Waals surface area contributed by atoms with Gasteiger partial charge in [0.15, 0.2) is 11.4 Å². The number of nitrogens with one attached hydrogen (secondary N) is 1. The van der Waals surface area contributed by atoms with Gasteiger partial charge >= 0.3 is 6.09 Å². The number of aromatic nitrogens is 4. The quantitative estimate of drug-likeness (QED) is 0.265. The predicted molar refractivity (Wildman–Crippen MR) is 139 cm³/mol. The van der Waals surface area contributed by atoms with Crippen LogP contribution in [-0.4, -0.2) is 46.6 Å². The zero-order chi connectivity index (χ0) is 27.7. The van der Waals surface area contributed by atoms with Crippen molar-refractivity contribution in [2.45, 2.75) is 37.6 Å². The topological polar surface area (TPSA) is 149 Å². The van der Waals surface area contributed by atoms with Gasteiger partial charge in [0, 0.05) is 24.9 Å². The van der Waals surface area contributed by atoms with Gasteiger partial charge < -0.3 is 9.47 Å². The highest BCUT2D eigenvalue weighted by Gasteiger charge is 2.35. The Labute approximate surface area is 219 Å². The standard InChI is InChI=1S/C25H28N6O6S/c1-25(2,3)22-20-21(19(37-24(32)29-33)14-27-23(20)30(4)28-22)31(15-16-7-6-12-26-13-16)38(34,35)18-10-8-17(36-5)9-11-18/h6-14,33H,15H2,1-5H3,(H,29,32). The molecule has 12 nitrogen and oxygen atoms in total. The third-order valence-corrected chi connectivity index (χ3v) is 7.50. The Hall–Kier alpha value is -4.23. The zero-order valence-corrected chi connectivity index (χ0v) is 22.4. The highest BCUT2D eigenvalue weighted by atomic mass is 32.2. The molecule has 0 saturated carbocycles. The molecule has 0 aliphatic carbocycles. The van der Waals surface area contributed by atoms with Crippen molar-refractivity contribution in [1.82, 2.24) is 25.2 Å². The maximum Gasteiger partial charge on any atom is 0.436 e. The molecule has 4 aromatic rings. The minimum absolute atomic E-state index is 0.0223. The van der Waals surface area contributed by atoms with Crippen LogP contribution < -0.4 is 19.3 Å². The molecule has 3 heterocycles. The fourth-order valence-corrected chi connectivity index (χ4v) is 5.45. The van der Waals surface area contributed by atoms with Gasteiger partial charge in [-0.25, -0.2) is 23.7 Å². The second-order valence-electron chi connectivity index (χ2n) is 9.44. The summed E-state index contributed by atoms with van der Waals surface area (Å²) < 4.78 is 41.7. The Morgan fingerprint density at radius 3 is 2.45 bits per heavy atom. The minimum Gasteiger partial charge on any atom is -0.497 e. The van der Waals surface area contributed by atoms with Gasteiger partial charge in [-0.05, 0) is 35.9 Å². The number of nitrogens with zero attached hydrogens (tertiary/aromatic N) is 5. The van der Waals surface area contributed by atoms with Crippen LogP contribution in [0.4, 0.5) is 10.5 Å². The van der Waals surface area contributed by atoms with E-state index in [1.54, 1.807) is 43.7 Å². The molecule has 0 atom stereocenters. The van der Waals surface area contributed by atoms with Gasteiger partial charge in [-0.2, -0.15) is 5.10 Å². The van der Waals surface area contributed by atoms with Gasteiger partial charge in [0.05, 0.1) is 35.8 Å². The lowest BCUT2D eigenvalue weighted by molar-refractivity contribution is 0.127. The summed E-state index contributed by atoms with van der Waals surface area (Å²) in [5.74, 6) is 0.295. The molecule has 1 aromatic carbocycles. The SMILES string of the molecule is COc1ccc(S(=O)(=O)N(Cc2cccnc2)c2c(OC(=O)NO)cnc3c2c(C(C)(C)C)nn3C)cc1. The maximum atomic E-state index is 14.3. The van der Waals surface area contributed by atoms with Gasteiger partial charge in [-0.15, -0.1) is 0 Å². The second kappa shape index (κ2) is 10.3. The number of hydroxylamine groups is 1. The van der Waals surface area contributed by atoms with E-state index in [1.165, 1.54) is 35.6 Å². The lowest BCUT2D eigenvalue weighted by Gasteiger charge is -2.28. The molecule has 0 spiro atoms. The normalized spacial score (nSPS) is 11.8. The Morgan fingerprint density at radius 2 is 1.87 bits per heavy atom. The van der Waals surface area contributed by atoms with Crippen molar-refractivity contribution in [3.63, 3.8) is 0 Å². The van der Waals surface area contributed by atoms with E-state index in [1.807, 2.05) is 20.8 Å². The summed E-state index contributed by atoms with van der Waals surface area (Å²) in [6, 6.07) is 9.36. The van der Waals surface area contributed by atoms with E-state index in [4.69, 9.17) is 14.7 Å². The average molecular weight is 541 g/mol. The lowest BCUT2D eigenvalue weighted by atomic mass is 9.90. The third-order valence-electron chi connectivity index (χ3n) is 5.74. The van der Waals surface area contributed by atoms with Gasteiger partial charge in [0.1, 0.15) is 11.4 Å². The fourth-order valence-electron chi connectivity index (χ4n) is 3.97. The van der Waals surface area contributed by atoms with E-state index < -0.39 is 21.5 Å². The van der Waals surface area contributed by atoms with Gasteiger partial charge in [0.25, 0.3) is 10.0 Å². The molecule has 0 bridgehead atoms. The molecular weight excluding hydrogens is 512 g/mol. The van der Waals surface area contributed by atoms with Crippen LogP contribution >= 0.6 is 0 Å². The Morgan fingerprint density at radius 1 is 1.16 bits per heavy atom. The smallest absolute Gasteiger partial charge is 0.436 e. The number of pyridine rings is 2. The molecule has 3 aromatic heterocycles. The molecule has 1 amide bonds. The second-order valence-corrected chi connectivity index (χ2v) is 11.3. The van der Waals surface area contributed by atoms with E-state index in [0.717, 1.165) is 4.31 Å². The predicted octanol–water partition coefficient (Wildman–Crippen LogP) is 3.54. The summed E-state index contributed by atoms with van der Waals surface area (Å²) in [6.45, 7) is 5.62. The monoisotopic (exact) mass is 540 g/mol. The number of rotatable bonds is 7. The van der Waals surface area contributed by atoms with Crippen LogP contribution in [-0.2, 0) is 29.0 Å². The van der Waals surface area contributed by atoms with E-state index >= 15 is 0 Å². The Bertz CT molecular complexity index is 1560. The number of hydrogen-bond donors (Lipinski definition) is 2. The largest absolute Gasteiger partial charge is 0.497 e. The molecular formula is C25H28N6O6S. The number of carbonyl (C=O) groups is 1.